The minimum Gasteiger partial charge on any atom is -0.480 e. The second-order valence-electron chi connectivity index (χ2n) is 4.15. The number of hydrogen-bond donors (Lipinski definition) is 2. The van der Waals surface area contributed by atoms with Gasteiger partial charge in [-0.1, -0.05) is 0 Å². The number of urea groups is 1. The highest BCUT2D eigenvalue weighted by Gasteiger charge is 2.25. The van der Waals surface area contributed by atoms with E-state index in [0.29, 0.717) is 10.6 Å². The first-order valence-corrected chi connectivity index (χ1v) is 6.10. The fraction of sp³-hybridized carbons (Fsp3) is 0.308. The molecule has 2 amide bonds. The van der Waals surface area contributed by atoms with Crippen molar-refractivity contribution in [2.45, 2.75) is 6.92 Å². The number of halogens is 1. The molecular formula is C13H15FN2O5. The predicted molar refractivity (Wildman–Crippen MR) is 71.7 cm³/mol. The highest BCUT2D eigenvalue weighted by Crippen LogP contribution is 2.16. The van der Waals surface area contributed by atoms with E-state index in [4.69, 9.17) is 10.2 Å². The number of carbonyl (C=O) groups is 3. The summed E-state index contributed by atoms with van der Waals surface area (Å²) < 4.78 is 12.9. The minimum atomic E-state index is -1.32. The Morgan fingerprint density at radius 1 is 1.05 bits per heavy atom. The Hall–Kier alpha value is -2.64. The molecule has 0 atom stereocenters. The molecular weight excluding hydrogens is 283 g/mol. The molecule has 0 aliphatic heterocycles. The Bertz CT molecular complexity index is 516. The first-order valence-electron chi connectivity index (χ1n) is 6.10. The highest BCUT2D eigenvalue weighted by molar-refractivity contribution is 5.95. The van der Waals surface area contributed by atoms with Crippen molar-refractivity contribution in [3.8, 4) is 0 Å². The van der Waals surface area contributed by atoms with Crippen molar-refractivity contribution < 1.29 is 29.0 Å². The van der Waals surface area contributed by atoms with Gasteiger partial charge in [-0.2, -0.15) is 0 Å². The average Bonchev–Trinajstić information content (AvgIpc) is 2.39. The van der Waals surface area contributed by atoms with Crippen LogP contribution in [-0.2, 0) is 9.59 Å². The van der Waals surface area contributed by atoms with Gasteiger partial charge in [-0.3, -0.25) is 14.5 Å². The van der Waals surface area contributed by atoms with Crippen molar-refractivity contribution in [2.75, 3.05) is 24.5 Å². The number of hydrogen-bond acceptors (Lipinski definition) is 3. The number of carboxylic acid groups (broad SMARTS) is 2. The quantitative estimate of drug-likeness (QED) is 0.823. The van der Waals surface area contributed by atoms with Crippen molar-refractivity contribution in [3.63, 3.8) is 0 Å². The summed E-state index contributed by atoms with van der Waals surface area (Å²) in [4.78, 5) is 35.6. The van der Waals surface area contributed by atoms with Gasteiger partial charge in [-0.15, -0.1) is 0 Å². The van der Waals surface area contributed by atoms with E-state index >= 15 is 0 Å². The summed E-state index contributed by atoms with van der Waals surface area (Å²) in [7, 11) is 0. The predicted octanol–water partition coefficient (Wildman–Crippen LogP) is 1.24. The number of benzene rings is 1. The second-order valence-corrected chi connectivity index (χ2v) is 4.15. The van der Waals surface area contributed by atoms with Crippen LogP contribution in [0.1, 0.15) is 6.92 Å². The van der Waals surface area contributed by atoms with Crippen LogP contribution >= 0.6 is 0 Å². The summed E-state index contributed by atoms with van der Waals surface area (Å²) in [6.45, 7) is 0.354. The monoisotopic (exact) mass is 298 g/mol. The molecule has 0 spiro atoms. The molecule has 1 rings (SSSR count). The number of aliphatic carboxylic acids is 2. The fourth-order valence-electron chi connectivity index (χ4n) is 1.74. The standard InChI is InChI=1S/C13H15FN2O5/c1-2-16(10-5-3-9(14)4-6-10)13(21)15(7-11(17)18)8-12(19)20/h3-6H,2,7-8H2,1H3,(H,17,18)(H,19,20). The maximum atomic E-state index is 12.9. The lowest BCUT2D eigenvalue weighted by atomic mass is 10.3. The number of nitrogens with zero attached hydrogens (tertiary/aromatic N) is 2. The lowest BCUT2D eigenvalue weighted by Gasteiger charge is -2.28. The van der Waals surface area contributed by atoms with Gasteiger partial charge in [0.2, 0.25) is 0 Å². The molecule has 0 aliphatic carbocycles. The van der Waals surface area contributed by atoms with E-state index in [9.17, 15) is 18.8 Å². The number of carboxylic acids is 2. The highest BCUT2D eigenvalue weighted by atomic mass is 19.1. The zero-order valence-corrected chi connectivity index (χ0v) is 11.3. The van der Waals surface area contributed by atoms with Gasteiger partial charge in [0.15, 0.2) is 0 Å². The molecule has 0 bridgehead atoms. The normalized spacial score (nSPS) is 10.0. The van der Waals surface area contributed by atoms with E-state index in [2.05, 4.69) is 0 Å². The van der Waals surface area contributed by atoms with Crippen molar-refractivity contribution in [2.24, 2.45) is 0 Å². The molecule has 0 aliphatic rings. The molecule has 8 heteroatoms. The summed E-state index contributed by atoms with van der Waals surface area (Å²) in [5.41, 5.74) is 0.352. The Morgan fingerprint density at radius 3 is 1.90 bits per heavy atom. The minimum absolute atomic E-state index is 0.181. The molecule has 0 saturated carbocycles. The first kappa shape index (κ1) is 16.4. The molecule has 0 unspecified atom stereocenters. The Kier molecular flexibility index (Phi) is 5.65. The molecule has 7 nitrogen and oxygen atoms in total. The van der Waals surface area contributed by atoms with Crippen LogP contribution in [0.3, 0.4) is 0 Å². The molecule has 0 heterocycles. The molecule has 1 aromatic carbocycles. The molecule has 0 fully saturated rings. The van der Waals surface area contributed by atoms with Crippen LogP contribution < -0.4 is 4.90 Å². The third kappa shape index (κ3) is 4.75. The first-order chi connectivity index (χ1) is 9.85. The van der Waals surface area contributed by atoms with Crippen LogP contribution in [0.15, 0.2) is 24.3 Å². The van der Waals surface area contributed by atoms with Gasteiger partial charge in [0.25, 0.3) is 0 Å². The van der Waals surface area contributed by atoms with Gasteiger partial charge in [-0.05, 0) is 31.2 Å². The van der Waals surface area contributed by atoms with Crippen LogP contribution in [0.4, 0.5) is 14.9 Å². The zero-order chi connectivity index (χ0) is 16.0. The molecule has 0 radical (unpaired) electrons. The van der Waals surface area contributed by atoms with Gasteiger partial charge in [0, 0.05) is 12.2 Å². The second kappa shape index (κ2) is 7.22. The van der Waals surface area contributed by atoms with Gasteiger partial charge in [-0.25, -0.2) is 9.18 Å². The third-order valence-electron chi connectivity index (χ3n) is 2.61. The molecule has 21 heavy (non-hydrogen) atoms. The Balaban J connectivity index is 2.99. The van der Waals surface area contributed by atoms with Gasteiger partial charge >= 0.3 is 18.0 Å². The summed E-state index contributed by atoms with van der Waals surface area (Å²) >= 11 is 0. The molecule has 2 N–H and O–H groups in total. The molecule has 1 aromatic rings. The van der Waals surface area contributed by atoms with Crippen LogP contribution in [0.2, 0.25) is 0 Å². The average molecular weight is 298 g/mol. The topological polar surface area (TPSA) is 98.2 Å². The van der Waals surface area contributed by atoms with E-state index < -0.39 is 36.9 Å². The summed E-state index contributed by atoms with van der Waals surface area (Å²) in [5, 5.41) is 17.5. The fourth-order valence-corrected chi connectivity index (χ4v) is 1.74. The van der Waals surface area contributed by atoms with Crippen molar-refractivity contribution >= 4 is 23.7 Å². The van der Waals surface area contributed by atoms with E-state index in [1.807, 2.05) is 0 Å². The Labute approximate surface area is 120 Å². The van der Waals surface area contributed by atoms with Gasteiger partial charge in [0.05, 0.1) is 0 Å². The van der Waals surface area contributed by atoms with Gasteiger partial charge < -0.3 is 15.1 Å². The number of amides is 2. The molecule has 0 saturated heterocycles. The van der Waals surface area contributed by atoms with Crippen LogP contribution in [0, 0.1) is 5.82 Å². The van der Waals surface area contributed by atoms with E-state index in [0.717, 1.165) is 12.1 Å². The largest absolute Gasteiger partial charge is 0.480 e. The van der Waals surface area contributed by atoms with E-state index in [-0.39, 0.29) is 6.54 Å². The Morgan fingerprint density at radius 2 is 1.52 bits per heavy atom. The maximum absolute atomic E-state index is 12.9. The number of anilines is 1. The van der Waals surface area contributed by atoms with Crippen LogP contribution in [0.25, 0.3) is 0 Å². The number of carbonyl (C=O) groups excluding carboxylic acids is 1. The molecule has 0 aromatic heterocycles. The smallest absolute Gasteiger partial charge is 0.325 e. The van der Waals surface area contributed by atoms with Gasteiger partial charge in [0.1, 0.15) is 18.9 Å². The number of rotatable bonds is 6. The lowest BCUT2D eigenvalue weighted by molar-refractivity contribution is -0.140. The maximum Gasteiger partial charge on any atom is 0.325 e. The van der Waals surface area contributed by atoms with Crippen molar-refractivity contribution in [1.29, 1.82) is 0 Å². The van der Waals surface area contributed by atoms with Crippen molar-refractivity contribution in [3.05, 3.63) is 30.1 Å². The van der Waals surface area contributed by atoms with Crippen molar-refractivity contribution in [1.82, 2.24) is 4.90 Å². The van der Waals surface area contributed by atoms with E-state index in [1.165, 1.54) is 17.0 Å². The molecule has 114 valence electrons. The summed E-state index contributed by atoms with van der Waals surface area (Å²) in [5.74, 6) is -3.12. The van der Waals surface area contributed by atoms with Crippen LogP contribution in [0.5, 0.6) is 0 Å². The lowest BCUT2D eigenvalue weighted by Crippen LogP contribution is -2.47. The van der Waals surface area contributed by atoms with E-state index in [1.54, 1.807) is 6.92 Å². The summed E-state index contributed by atoms with van der Waals surface area (Å²) in [6.07, 6.45) is 0. The third-order valence-corrected chi connectivity index (χ3v) is 2.61. The van der Waals surface area contributed by atoms with Crippen LogP contribution in [-0.4, -0.2) is 52.7 Å². The zero-order valence-electron chi connectivity index (χ0n) is 11.3. The summed E-state index contributed by atoms with van der Waals surface area (Å²) in [6, 6.07) is 4.26. The SMILES string of the molecule is CCN(C(=O)N(CC(=O)O)CC(=O)O)c1ccc(F)cc1.